The fourth-order valence-corrected chi connectivity index (χ4v) is 2.94. The SMILES string of the molecule is CCC(C)C(CN1CCN(CC2CC2)CC1)NC. The van der Waals surface area contributed by atoms with Crippen molar-refractivity contribution in [1.82, 2.24) is 15.1 Å². The van der Waals surface area contributed by atoms with Crippen molar-refractivity contribution >= 4 is 0 Å². The van der Waals surface area contributed by atoms with Crippen LogP contribution in [0.25, 0.3) is 0 Å². The van der Waals surface area contributed by atoms with Crippen molar-refractivity contribution in [1.29, 1.82) is 0 Å². The maximum absolute atomic E-state index is 3.50. The van der Waals surface area contributed by atoms with Gasteiger partial charge >= 0.3 is 0 Å². The van der Waals surface area contributed by atoms with Crippen LogP contribution in [-0.2, 0) is 0 Å². The van der Waals surface area contributed by atoms with Crippen molar-refractivity contribution in [2.45, 2.75) is 39.2 Å². The van der Waals surface area contributed by atoms with E-state index in [1.54, 1.807) is 0 Å². The van der Waals surface area contributed by atoms with E-state index in [0.29, 0.717) is 6.04 Å². The smallest absolute Gasteiger partial charge is 0.0217 e. The molecule has 0 spiro atoms. The highest BCUT2D eigenvalue weighted by Crippen LogP contribution is 2.29. The minimum atomic E-state index is 0.657. The normalized spacial score (nSPS) is 26.2. The Morgan fingerprint density at radius 3 is 2.22 bits per heavy atom. The Balaban J connectivity index is 1.68. The lowest BCUT2D eigenvalue weighted by Crippen LogP contribution is -2.51. The molecular weight excluding hydrogens is 222 g/mol. The Hall–Kier alpha value is -0.120. The summed E-state index contributed by atoms with van der Waals surface area (Å²) in [4.78, 5) is 5.32. The van der Waals surface area contributed by atoms with Gasteiger partial charge in [-0.25, -0.2) is 0 Å². The number of hydrogen-bond donors (Lipinski definition) is 1. The molecule has 1 N–H and O–H groups in total. The summed E-state index contributed by atoms with van der Waals surface area (Å²) in [5, 5.41) is 3.50. The molecule has 0 aromatic rings. The molecule has 2 unspecified atom stereocenters. The first kappa shape index (κ1) is 14.3. The molecule has 2 rings (SSSR count). The van der Waals surface area contributed by atoms with Gasteiger partial charge in [-0.3, -0.25) is 4.90 Å². The maximum atomic E-state index is 3.50. The summed E-state index contributed by atoms with van der Waals surface area (Å²) in [7, 11) is 2.11. The fraction of sp³-hybridized carbons (Fsp3) is 1.00. The van der Waals surface area contributed by atoms with Crippen LogP contribution in [0.5, 0.6) is 0 Å². The van der Waals surface area contributed by atoms with Crippen molar-refractivity contribution in [3.05, 3.63) is 0 Å². The first-order valence-corrected chi connectivity index (χ1v) is 7.85. The van der Waals surface area contributed by atoms with E-state index >= 15 is 0 Å². The molecule has 0 aromatic heterocycles. The molecule has 0 bridgehead atoms. The molecule has 1 aliphatic carbocycles. The zero-order valence-electron chi connectivity index (χ0n) is 12.5. The highest BCUT2D eigenvalue weighted by Gasteiger charge is 2.27. The van der Waals surface area contributed by atoms with Crippen molar-refractivity contribution in [3.8, 4) is 0 Å². The van der Waals surface area contributed by atoms with Gasteiger partial charge < -0.3 is 10.2 Å². The van der Waals surface area contributed by atoms with Crippen LogP contribution in [-0.4, -0.2) is 62.2 Å². The quantitative estimate of drug-likeness (QED) is 0.744. The van der Waals surface area contributed by atoms with Crippen LogP contribution in [0.4, 0.5) is 0 Å². The summed E-state index contributed by atoms with van der Waals surface area (Å²) in [5.41, 5.74) is 0. The van der Waals surface area contributed by atoms with E-state index in [9.17, 15) is 0 Å². The van der Waals surface area contributed by atoms with Gasteiger partial charge in [0.15, 0.2) is 0 Å². The fourth-order valence-electron chi connectivity index (χ4n) is 2.94. The number of piperazine rings is 1. The molecule has 3 nitrogen and oxygen atoms in total. The Morgan fingerprint density at radius 1 is 1.11 bits per heavy atom. The lowest BCUT2D eigenvalue weighted by atomic mass is 9.98. The van der Waals surface area contributed by atoms with E-state index < -0.39 is 0 Å². The molecule has 1 saturated heterocycles. The third kappa shape index (κ3) is 4.22. The van der Waals surface area contributed by atoms with Crippen molar-refractivity contribution in [2.24, 2.45) is 11.8 Å². The van der Waals surface area contributed by atoms with E-state index in [0.717, 1.165) is 11.8 Å². The highest BCUT2D eigenvalue weighted by atomic mass is 15.3. The summed E-state index contributed by atoms with van der Waals surface area (Å²) in [5.74, 6) is 1.82. The van der Waals surface area contributed by atoms with Gasteiger partial charge in [-0.05, 0) is 31.7 Å². The lowest BCUT2D eigenvalue weighted by Gasteiger charge is -2.37. The zero-order chi connectivity index (χ0) is 13.0. The summed E-state index contributed by atoms with van der Waals surface area (Å²) in [6.07, 6.45) is 4.24. The van der Waals surface area contributed by atoms with Crippen LogP contribution in [0.1, 0.15) is 33.1 Å². The molecule has 1 aliphatic heterocycles. The van der Waals surface area contributed by atoms with Gasteiger partial charge in [0.05, 0.1) is 0 Å². The summed E-state index contributed by atoms with van der Waals surface area (Å²) in [6, 6.07) is 0.657. The molecule has 0 aromatic carbocycles. The average Bonchev–Trinajstić information content (AvgIpc) is 3.21. The summed E-state index contributed by atoms with van der Waals surface area (Å²) >= 11 is 0. The number of likely N-dealkylation sites (N-methyl/N-ethyl adjacent to an activating group) is 1. The topological polar surface area (TPSA) is 18.5 Å². The maximum Gasteiger partial charge on any atom is 0.0217 e. The molecule has 1 heterocycles. The van der Waals surface area contributed by atoms with Crippen LogP contribution in [0, 0.1) is 11.8 Å². The first-order chi connectivity index (χ1) is 8.72. The van der Waals surface area contributed by atoms with Gasteiger partial charge in [0.1, 0.15) is 0 Å². The predicted molar refractivity (Wildman–Crippen MR) is 77.9 cm³/mol. The number of nitrogens with one attached hydrogen (secondary N) is 1. The van der Waals surface area contributed by atoms with Crippen LogP contribution >= 0.6 is 0 Å². The van der Waals surface area contributed by atoms with Gasteiger partial charge in [-0.15, -0.1) is 0 Å². The third-order valence-corrected chi connectivity index (χ3v) is 4.83. The number of nitrogens with zero attached hydrogens (tertiary/aromatic N) is 2. The van der Waals surface area contributed by atoms with Crippen LogP contribution in [0.15, 0.2) is 0 Å². The Morgan fingerprint density at radius 2 is 1.72 bits per heavy atom. The minimum absolute atomic E-state index is 0.657. The second-order valence-corrected chi connectivity index (χ2v) is 6.33. The molecule has 0 amide bonds. The van der Waals surface area contributed by atoms with Gasteiger partial charge in [-0.2, -0.15) is 0 Å². The lowest BCUT2D eigenvalue weighted by molar-refractivity contribution is 0.113. The van der Waals surface area contributed by atoms with E-state index in [1.807, 2.05) is 0 Å². The van der Waals surface area contributed by atoms with Gasteiger partial charge in [0.2, 0.25) is 0 Å². The van der Waals surface area contributed by atoms with E-state index in [-0.39, 0.29) is 0 Å². The Bertz CT molecular complexity index is 232. The second kappa shape index (κ2) is 6.88. The number of rotatable bonds is 7. The minimum Gasteiger partial charge on any atom is -0.315 e. The molecule has 106 valence electrons. The standard InChI is InChI=1S/C15H31N3/c1-4-13(2)15(16-3)12-18-9-7-17(8-10-18)11-14-5-6-14/h13-16H,4-12H2,1-3H3. The second-order valence-electron chi connectivity index (χ2n) is 6.33. The van der Waals surface area contributed by atoms with Gasteiger partial charge in [-0.1, -0.05) is 20.3 Å². The molecular formula is C15H31N3. The molecule has 18 heavy (non-hydrogen) atoms. The van der Waals surface area contributed by atoms with E-state index in [1.165, 1.54) is 58.5 Å². The molecule has 2 fully saturated rings. The van der Waals surface area contributed by atoms with E-state index in [4.69, 9.17) is 0 Å². The van der Waals surface area contributed by atoms with Gasteiger partial charge in [0.25, 0.3) is 0 Å². The summed E-state index contributed by atoms with van der Waals surface area (Å²) < 4.78 is 0. The molecule has 2 atom stereocenters. The Labute approximate surface area is 113 Å². The largest absolute Gasteiger partial charge is 0.315 e. The molecule has 0 radical (unpaired) electrons. The highest BCUT2D eigenvalue weighted by molar-refractivity contribution is 4.82. The molecule has 1 saturated carbocycles. The monoisotopic (exact) mass is 253 g/mol. The summed E-state index contributed by atoms with van der Waals surface area (Å²) in [6.45, 7) is 12.4. The predicted octanol–water partition coefficient (Wildman–Crippen LogP) is 1.65. The molecule has 3 heteroatoms. The van der Waals surface area contributed by atoms with Crippen molar-refractivity contribution < 1.29 is 0 Å². The molecule has 2 aliphatic rings. The van der Waals surface area contributed by atoms with Gasteiger partial charge in [0, 0.05) is 45.3 Å². The Kier molecular flexibility index (Phi) is 5.46. The van der Waals surface area contributed by atoms with Crippen LogP contribution in [0.2, 0.25) is 0 Å². The third-order valence-electron chi connectivity index (χ3n) is 4.83. The van der Waals surface area contributed by atoms with Crippen molar-refractivity contribution in [2.75, 3.05) is 46.3 Å². The first-order valence-electron chi connectivity index (χ1n) is 7.85. The van der Waals surface area contributed by atoms with Crippen LogP contribution < -0.4 is 5.32 Å². The zero-order valence-corrected chi connectivity index (χ0v) is 12.5. The van der Waals surface area contributed by atoms with E-state index in [2.05, 4.69) is 36.0 Å². The number of hydrogen-bond acceptors (Lipinski definition) is 3. The average molecular weight is 253 g/mol. The van der Waals surface area contributed by atoms with Crippen LogP contribution in [0.3, 0.4) is 0 Å². The van der Waals surface area contributed by atoms with Crippen molar-refractivity contribution in [3.63, 3.8) is 0 Å².